The number of aliphatic hydroxyl groups is 1. The summed E-state index contributed by atoms with van der Waals surface area (Å²) in [4.78, 5) is 18.1. The number of rotatable bonds is 9. The largest absolute Gasteiger partial charge is 0.496 e. The molecule has 0 saturated carbocycles. The molecule has 0 heterocycles. The van der Waals surface area contributed by atoms with Gasteiger partial charge < -0.3 is 19.4 Å². The number of amides is 1. The number of fused-ring (bicyclic) bond motifs is 1. The fourth-order valence-electron chi connectivity index (χ4n) is 4.39. The lowest BCUT2D eigenvalue weighted by atomic mass is 9.99. The molecule has 0 spiro atoms. The van der Waals surface area contributed by atoms with E-state index in [2.05, 4.69) is 5.48 Å². The van der Waals surface area contributed by atoms with Gasteiger partial charge in [0.05, 0.1) is 20.6 Å². The molecule has 6 nitrogen and oxygen atoms in total. The molecule has 0 unspecified atom stereocenters. The van der Waals surface area contributed by atoms with E-state index in [-0.39, 0.29) is 24.8 Å². The van der Waals surface area contributed by atoms with Gasteiger partial charge in [0.25, 0.3) is 5.91 Å². The third-order valence-electron chi connectivity index (χ3n) is 6.12. The van der Waals surface area contributed by atoms with Gasteiger partial charge in [-0.15, -0.1) is 0 Å². The topological polar surface area (TPSA) is 77.0 Å². The van der Waals surface area contributed by atoms with E-state index in [1.54, 1.807) is 32.4 Å². The highest BCUT2D eigenvalue weighted by Crippen LogP contribution is 2.44. The predicted molar refractivity (Wildman–Crippen MR) is 137 cm³/mol. The Labute approximate surface area is 209 Å². The Balaban J connectivity index is 1.69. The summed E-state index contributed by atoms with van der Waals surface area (Å²) >= 11 is 0. The van der Waals surface area contributed by atoms with Crippen molar-refractivity contribution < 1.29 is 28.6 Å². The second kappa shape index (κ2) is 11.1. The number of ether oxygens (including phenoxy) is 2. The minimum atomic E-state index is -0.377. The molecule has 7 heteroatoms. The third-order valence-corrected chi connectivity index (χ3v) is 6.12. The third kappa shape index (κ3) is 5.26. The summed E-state index contributed by atoms with van der Waals surface area (Å²) in [7, 11) is 3.14. The highest BCUT2D eigenvalue weighted by molar-refractivity contribution is 6.08. The van der Waals surface area contributed by atoms with Crippen LogP contribution < -0.4 is 19.8 Å². The van der Waals surface area contributed by atoms with Crippen molar-refractivity contribution in [3.05, 3.63) is 94.3 Å². The summed E-state index contributed by atoms with van der Waals surface area (Å²) in [5, 5.41) is 9.43. The maximum absolute atomic E-state index is 14.2. The lowest BCUT2D eigenvalue weighted by Gasteiger charge is -2.14. The van der Waals surface area contributed by atoms with Gasteiger partial charge in [-0.1, -0.05) is 24.3 Å². The van der Waals surface area contributed by atoms with E-state index in [4.69, 9.17) is 14.3 Å². The lowest BCUT2D eigenvalue weighted by Crippen LogP contribution is -2.26. The number of aliphatic hydroxyl groups excluding tert-OH is 1. The van der Waals surface area contributed by atoms with E-state index in [1.807, 2.05) is 43.3 Å². The Hall–Kier alpha value is -4.10. The van der Waals surface area contributed by atoms with Gasteiger partial charge in [-0.2, -0.15) is 5.48 Å². The number of hydrogen-bond acceptors (Lipinski definition) is 5. The molecule has 4 rings (SSSR count). The first-order chi connectivity index (χ1) is 17.4. The number of methoxy groups -OCH3 is 2. The minimum Gasteiger partial charge on any atom is -0.496 e. The number of para-hydroxylation sites is 1. The molecule has 0 bridgehead atoms. The van der Waals surface area contributed by atoms with Crippen LogP contribution >= 0.6 is 0 Å². The van der Waals surface area contributed by atoms with Gasteiger partial charge in [0.2, 0.25) is 0 Å². The van der Waals surface area contributed by atoms with Gasteiger partial charge in [0.1, 0.15) is 17.3 Å². The lowest BCUT2D eigenvalue weighted by molar-refractivity contribution is -0.126. The minimum absolute atomic E-state index is 0.0224. The maximum atomic E-state index is 14.2. The summed E-state index contributed by atoms with van der Waals surface area (Å²) in [6, 6.07) is 17.3. The number of hydrogen-bond donors (Lipinski definition) is 2. The summed E-state index contributed by atoms with van der Waals surface area (Å²) in [6.45, 7) is 1.88. The zero-order chi connectivity index (χ0) is 25.7. The zero-order valence-corrected chi connectivity index (χ0v) is 20.4. The Morgan fingerprint density at radius 3 is 2.33 bits per heavy atom. The molecule has 186 valence electrons. The first-order valence-electron chi connectivity index (χ1n) is 11.5. The number of halogens is 1. The average molecular weight is 490 g/mol. The van der Waals surface area contributed by atoms with Gasteiger partial charge >= 0.3 is 0 Å². The van der Waals surface area contributed by atoms with Crippen LogP contribution in [0.4, 0.5) is 4.39 Å². The van der Waals surface area contributed by atoms with Gasteiger partial charge in [-0.3, -0.25) is 4.79 Å². The van der Waals surface area contributed by atoms with Crippen LogP contribution in [0.25, 0.3) is 17.2 Å². The number of carbonyl (C=O) groups excluding carboxylic acids is 1. The standard InChI is InChI=1S/C29H28FNO5/c1-18-24(13-19-14-27(34-2)23(11-12-32)28(15-19)35-3)22-10-9-20(30)16-26(22)25(18)17-29(33)31-36-21-7-5-4-6-8-21/h4-10,13-16,32H,11-12,17H2,1-3H3,(H,31,33)/b24-13-. The van der Waals surface area contributed by atoms with Crippen molar-refractivity contribution >= 4 is 23.1 Å². The van der Waals surface area contributed by atoms with Crippen LogP contribution in [0.1, 0.15) is 35.6 Å². The summed E-state index contributed by atoms with van der Waals surface area (Å²) < 4.78 is 25.3. The fourth-order valence-corrected chi connectivity index (χ4v) is 4.39. The second-order valence-electron chi connectivity index (χ2n) is 8.35. The Morgan fingerprint density at radius 2 is 1.69 bits per heavy atom. The highest BCUT2D eigenvalue weighted by atomic mass is 19.1. The van der Waals surface area contributed by atoms with E-state index in [9.17, 15) is 14.3 Å². The number of carbonyl (C=O) groups is 1. The molecule has 0 saturated heterocycles. The summed E-state index contributed by atoms with van der Waals surface area (Å²) in [6.07, 6.45) is 2.38. The Kier molecular flexibility index (Phi) is 7.71. The zero-order valence-electron chi connectivity index (χ0n) is 20.4. The first-order valence-corrected chi connectivity index (χ1v) is 11.5. The molecule has 1 aliphatic carbocycles. The van der Waals surface area contributed by atoms with Crippen molar-refractivity contribution in [2.24, 2.45) is 0 Å². The van der Waals surface area contributed by atoms with Gasteiger partial charge in [-0.05, 0) is 82.8 Å². The van der Waals surface area contributed by atoms with E-state index < -0.39 is 0 Å². The average Bonchev–Trinajstić information content (AvgIpc) is 3.13. The van der Waals surface area contributed by atoms with Crippen molar-refractivity contribution in [1.29, 1.82) is 0 Å². The van der Waals surface area contributed by atoms with E-state index in [0.717, 1.165) is 33.4 Å². The van der Waals surface area contributed by atoms with Crippen molar-refractivity contribution in [2.75, 3.05) is 20.8 Å². The molecular weight excluding hydrogens is 461 g/mol. The van der Waals surface area contributed by atoms with Gasteiger partial charge in [0, 0.05) is 18.6 Å². The van der Waals surface area contributed by atoms with E-state index in [0.29, 0.717) is 29.2 Å². The number of nitrogens with one attached hydrogen (secondary N) is 1. The summed E-state index contributed by atoms with van der Waals surface area (Å²) in [5.41, 5.74) is 8.02. The molecule has 0 atom stereocenters. The second-order valence-corrected chi connectivity index (χ2v) is 8.35. The van der Waals surface area contributed by atoms with Crippen molar-refractivity contribution in [1.82, 2.24) is 5.48 Å². The number of benzene rings is 3. The first kappa shape index (κ1) is 25.0. The van der Waals surface area contributed by atoms with E-state index >= 15 is 0 Å². The molecule has 0 aromatic heterocycles. The molecule has 0 aliphatic heterocycles. The van der Waals surface area contributed by atoms with Crippen LogP contribution in [0.2, 0.25) is 0 Å². The Morgan fingerprint density at radius 1 is 1.00 bits per heavy atom. The van der Waals surface area contributed by atoms with E-state index in [1.165, 1.54) is 12.1 Å². The van der Waals surface area contributed by atoms with Crippen LogP contribution in [-0.2, 0) is 11.2 Å². The smallest absolute Gasteiger partial charge is 0.257 e. The highest BCUT2D eigenvalue weighted by Gasteiger charge is 2.26. The van der Waals surface area contributed by atoms with Crippen LogP contribution in [-0.4, -0.2) is 31.8 Å². The van der Waals surface area contributed by atoms with Gasteiger partial charge in [-0.25, -0.2) is 4.39 Å². The van der Waals surface area contributed by atoms with Crippen LogP contribution in [0.5, 0.6) is 17.2 Å². The predicted octanol–water partition coefficient (Wildman–Crippen LogP) is 5.21. The molecule has 3 aromatic carbocycles. The van der Waals surface area contributed by atoms with Crippen molar-refractivity contribution in [3.63, 3.8) is 0 Å². The monoisotopic (exact) mass is 489 g/mol. The fraction of sp³-hybridized carbons (Fsp3) is 0.207. The molecule has 0 fully saturated rings. The van der Waals surface area contributed by atoms with Crippen LogP contribution in [0.15, 0.2) is 66.2 Å². The van der Waals surface area contributed by atoms with Gasteiger partial charge in [0.15, 0.2) is 5.75 Å². The number of hydroxylamine groups is 1. The number of allylic oxidation sites excluding steroid dienone is 2. The molecule has 1 aliphatic rings. The summed E-state index contributed by atoms with van der Waals surface area (Å²) in [5.74, 6) is 1.00. The van der Waals surface area contributed by atoms with Crippen molar-refractivity contribution in [2.45, 2.75) is 19.8 Å². The molecule has 1 amide bonds. The molecule has 0 radical (unpaired) electrons. The molecule has 2 N–H and O–H groups in total. The SMILES string of the molecule is COc1cc(/C=C2/C(C)=C(CC(=O)NOc3ccccc3)c3cc(F)ccc32)cc(OC)c1CCO. The quantitative estimate of drug-likeness (QED) is 0.404. The normalized spacial score (nSPS) is 13.5. The maximum Gasteiger partial charge on any atom is 0.257 e. The van der Waals surface area contributed by atoms with Crippen molar-refractivity contribution in [3.8, 4) is 17.2 Å². The molecule has 36 heavy (non-hydrogen) atoms. The molecule has 3 aromatic rings. The van der Waals surface area contributed by atoms with Crippen LogP contribution in [0, 0.1) is 5.82 Å². The molecular formula is C29H28FNO5. The Bertz CT molecular complexity index is 1310. The van der Waals surface area contributed by atoms with Crippen LogP contribution in [0.3, 0.4) is 0 Å².